The highest BCUT2D eigenvalue weighted by atomic mass is 32.1. The van der Waals surface area contributed by atoms with Crippen molar-refractivity contribution in [2.24, 2.45) is 0 Å². The first-order valence-corrected chi connectivity index (χ1v) is 6.97. The first-order valence-electron chi connectivity index (χ1n) is 6.16. The third-order valence-electron chi connectivity index (χ3n) is 2.57. The number of aromatic nitrogens is 1. The van der Waals surface area contributed by atoms with Crippen LogP contribution in [-0.2, 0) is 9.53 Å². The molecule has 110 valence electrons. The summed E-state index contributed by atoms with van der Waals surface area (Å²) in [6.07, 6.45) is 0. The molecule has 1 aromatic carbocycles. The second-order valence-corrected chi connectivity index (χ2v) is 5.52. The van der Waals surface area contributed by atoms with E-state index in [-0.39, 0.29) is 12.4 Å². The average Bonchev–Trinajstić information content (AvgIpc) is 2.78. The van der Waals surface area contributed by atoms with Gasteiger partial charge in [0.1, 0.15) is 10.6 Å². The van der Waals surface area contributed by atoms with Crippen LogP contribution in [0.1, 0.15) is 20.4 Å². The number of esters is 1. The number of carbonyl (C=O) groups excluding carboxylic acids is 2. The molecule has 1 heterocycles. The number of anilines is 1. The van der Waals surface area contributed by atoms with Gasteiger partial charge in [-0.15, -0.1) is 11.3 Å². The van der Waals surface area contributed by atoms with Gasteiger partial charge in [-0.25, -0.2) is 9.78 Å². The molecule has 7 heteroatoms. The van der Waals surface area contributed by atoms with E-state index in [1.807, 2.05) is 0 Å². The lowest BCUT2D eigenvalue weighted by Crippen LogP contribution is -2.20. The van der Waals surface area contributed by atoms with Crippen LogP contribution in [0.4, 0.5) is 5.69 Å². The highest BCUT2D eigenvalue weighted by molar-refractivity contribution is 7.13. The summed E-state index contributed by atoms with van der Waals surface area (Å²) in [6.45, 7) is 3.14. The van der Waals surface area contributed by atoms with Crippen molar-refractivity contribution < 1.29 is 19.4 Å². The summed E-state index contributed by atoms with van der Waals surface area (Å²) in [6, 6.07) is 5.99. The summed E-state index contributed by atoms with van der Waals surface area (Å²) in [4.78, 5) is 28.0. The van der Waals surface area contributed by atoms with Crippen LogP contribution in [0.25, 0.3) is 0 Å². The minimum atomic E-state index is -0.557. The number of aryl methyl sites for hydroxylation is 2. The van der Waals surface area contributed by atoms with E-state index >= 15 is 0 Å². The van der Waals surface area contributed by atoms with Gasteiger partial charge in [-0.1, -0.05) is 0 Å². The number of amides is 1. The molecule has 0 aliphatic heterocycles. The second kappa shape index (κ2) is 6.36. The number of nitrogens with one attached hydrogen (secondary N) is 1. The SMILES string of the molecule is Cc1nc(C)c(C(=O)OCC(=O)Nc2ccc(O)cc2)s1. The van der Waals surface area contributed by atoms with Crippen molar-refractivity contribution in [1.82, 2.24) is 4.98 Å². The van der Waals surface area contributed by atoms with Crippen LogP contribution in [-0.4, -0.2) is 28.6 Å². The highest BCUT2D eigenvalue weighted by Crippen LogP contribution is 2.18. The Morgan fingerprint density at radius 1 is 1.29 bits per heavy atom. The second-order valence-electron chi connectivity index (χ2n) is 4.32. The summed E-state index contributed by atoms with van der Waals surface area (Å²) in [5.41, 5.74) is 1.11. The predicted molar refractivity (Wildman–Crippen MR) is 78.6 cm³/mol. The summed E-state index contributed by atoms with van der Waals surface area (Å²) in [7, 11) is 0. The van der Waals surface area contributed by atoms with Crippen molar-refractivity contribution in [3.63, 3.8) is 0 Å². The minimum Gasteiger partial charge on any atom is -0.508 e. The molecule has 0 aliphatic carbocycles. The van der Waals surface area contributed by atoms with Crippen molar-refractivity contribution in [1.29, 1.82) is 0 Å². The monoisotopic (exact) mass is 306 g/mol. The Hall–Kier alpha value is -2.41. The Labute approximate surface area is 125 Å². The normalized spacial score (nSPS) is 10.2. The van der Waals surface area contributed by atoms with Crippen molar-refractivity contribution >= 4 is 28.9 Å². The molecule has 2 N–H and O–H groups in total. The number of aromatic hydroxyl groups is 1. The number of rotatable bonds is 4. The maximum atomic E-state index is 11.8. The van der Waals surface area contributed by atoms with Crippen molar-refractivity contribution in [3.05, 3.63) is 39.8 Å². The van der Waals surface area contributed by atoms with Crippen LogP contribution < -0.4 is 5.32 Å². The van der Waals surface area contributed by atoms with Gasteiger partial charge in [0.2, 0.25) is 0 Å². The zero-order chi connectivity index (χ0) is 15.4. The minimum absolute atomic E-state index is 0.107. The molecule has 21 heavy (non-hydrogen) atoms. The number of benzene rings is 1. The van der Waals surface area contributed by atoms with Crippen molar-refractivity contribution in [2.45, 2.75) is 13.8 Å². The van der Waals surface area contributed by atoms with Crippen LogP contribution in [0.15, 0.2) is 24.3 Å². The topological polar surface area (TPSA) is 88.5 Å². The first kappa shape index (κ1) is 15.0. The molecule has 2 aromatic rings. The van der Waals surface area contributed by atoms with Gasteiger partial charge in [0, 0.05) is 5.69 Å². The van der Waals surface area contributed by atoms with E-state index in [1.54, 1.807) is 26.0 Å². The van der Waals surface area contributed by atoms with E-state index < -0.39 is 11.9 Å². The third-order valence-corrected chi connectivity index (χ3v) is 3.63. The lowest BCUT2D eigenvalue weighted by atomic mass is 10.3. The zero-order valence-electron chi connectivity index (χ0n) is 11.5. The molecule has 0 fully saturated rings. The summed E-state index contributed by atoms with van der Waals surface area (Å²) >= 11 is 1.23. The molecule has 0 unspecified atom stereocenters. The Morgan fingerprint density at radius 2 is 1.95 bits per heavy atom. The fourth-order valence-electron chi connectivity index (χ4n) is 1.66. The first-order chi connectivity index (χ1) is 9.95. The Morgan fingerprint density at radius 3 is 2.52 bits per heavy atom. The standard InChI is InChI=1S/C14H14N2O4S/c1-8-13(21-9(2)15-8)14(19)20-7-12(18)16-10-3-5-11(17)6-4-10/h3-6,17H,7H2,1-2H3,(H,16,18). The number of hydrogen-bond acceptors (Lipinski definition) is 6. The molecular formula is C14H14N2O4S. The molecule has 0 atom stereocenters. The number of hydrogen-bond donors (Lipinski definition) is 2. The smallest absolute Gasteiger partial charge is 0.350 e. The number of thiazole rings is 1. The van der Waals surface area contributed by atoms with Gasteiger partial charge in [0.25, 0.3) is 5.91 Å². The lowest BCUT2D eigenvalue weighted by molar-refractivity contribution is -0.119. The molecule has 1 aromatic heterocycles. The molecule has 0 bridgehead atoms. The highest BCUT2D eigenvalue weighted by Gasteiger charge is 2.16. The summed E-state index contributed by atoms with van der Waals surface area (Å²) in [5, 5.41) is 12.5. The summed E-state index contributed by atoms with van der Waals surface area (Å²) in [5.74, 6) is -0.901. The van der Waals surface area contributed by atoms with Crippen LogP contribution in [0.2, 0.25) is 0 Å². The molecular weight excluding hydrogens is 292 g/mol. The maximum Gasteiger partial charge on any atom is 0.350 e. The quantitative estimate of drug-likeness (QED) is 0.668. The van der Waals surface area contributed by atoms with Gasteiger partial charge < -0.3 is 15.2 Å². The van der Waals surface area contributed by atoms with E-state index in [1.165, 1.54) is 23.5 Å². The largest absolute Gasteiger partial charge is 0.508 e. The predicted octanol–water partition coefficient (Wildman–Crippen LogP) is 2.26. The molecule has 0 saturated carbocycles. The molecule has 0 aliphatic rings. The van der Waals surface area contributed by atoms with Gasteiger partial charge in [0.15, 0.2) is 6.61 Å². The zero-order valence-corrected chi connectivity index (χ0v) is 12.4. The van der Waals surface area contributed by atoms with E-state index in [4.69, 9.17) is 9.84 Å². The van der Waals surface area contributed by atoms with Gasteiger partial charge in [-0.2, -0.15) is 0 Å². The van der Waals surface area contributed by atoms with Crippen molar-refractivity contribution in [2.75, 3.05) is 11.9 Å². The molecule has 0 spiro atoms. The number of carbonyl (C=O) groups is 2. The third kappa shape index (κ3) is 4.03. The van der Waals surface area contributed by atoms with Gasteiger partial charge in [0.05, 0.1) is 10.7 Å². The van der Waals surface area contributed by atoms with Crippen LogP contribution in [0.5, 0.6) is 5.75 Å². The van der Waals surface area contributed by atoms with E-state index in [2.05, 4.69) is 10.3 Å². The lowest BCUT2D eigenvalue weighted by Gasteiger charge is -2.06. The molecule has 2 rings (SSSR count). The molecule has 6 nitrogen and oxygen atoms in total. The number of phenolic OH excluding ortho intramolecular Hbond substituents is 1. The van der Waals surface area contributed by atoms with Crippen molar-refractivity contribution in [3.8, 4) is 5.75 Å². The Bertz CT molecular complexity index is 664. The number of nitrogens with zero attached hydrogens (tertiary/aromatic N) is 1. The van der Waals surface area contributed by atoms with Gasteiger partial charge >= 0.3 is 5.97 Å². The fourth-order valence-corrected chi connectivity index (χ4v) is 2.47. The van der Waals surface area contributed by atoms with E-state index in [0.29, 0.717) is 16.3 Å². The Kier molecular flexibility index (Phi) is 4.54. The molecule has 0 saturated heterocycles. The van der Waals surface area contributed by atoms with Gasteiger partial charge in [-0.3, -0.25) is 4.79 Å². The fraction of sp³-hybridized carbons (Fsp3) is 0.214. The molecule has 1 amide bonds. The van der Waals surface area contributed by atoms with E-state index in [9.17, 15) is 9.59 Å². The van der Waals surface area contributed by atoms with Gasteiger partial charge in [-0.05, 0) is 38.1 Å². The Balaban J connectivity index is 1.88. The maximum absolute atomic E-state index is 11.8. The van der Waals surface area contributed by atoms with E-state index in [0.717, 1.165) is 5.01 Å². The molecule has 0 radical (unpaired) electrons. The summed E-state index contributed by atoms with van der Waals surface area (Å²) < 4.78 is 4.95. The van der Waals surface area contributed by atoms with Crippen LogP contribution >= 0.6 is 11.3 Å². The number of ether oxygens (including phenoxy) is 1. The number of phenols is 1. The van der Waals surface area contributed by atoms with Crippen LogP contribution in [0, 0.1) is 13.8 Å². The average molecular weight is 306 g/mol. The van der Waals surface area contributed by atoms with Crippen LogP contribution in [0.3, 0.4) is 0 Å².